The maximum absolute atomic E-state index is 4.94. The fraction of sp³-hybridized carbons (Fsp3) is 0.714. The molecule has 1 heterocycles. The van der Waals surface area contributed by atoms with Gasteiger partial charge in [0.05, 0.1) is 0 Å². The molecule has 1 aromatic rings. The first-order chi connectivity index (χ1) is 5.86. The highest BCUT2D eigenvalue weighted by atomic mass is 16.5. The third-order valence-electron chi connectivity index (χ3n) is 1.37. The Labute approximate surface area is 71.1 Å². The van der Waals surface area contributed by atoms with Crippen LogP contribution in [0.1, 0.15) is 11.7 Å². The van der Waals surface area contributed by atoms with E-state index in [1.54, 1.807) is 7.11 Å². The van der Waals surface area contributed by atoms with Crippen LogP contribution in [0.5, 0.6) is 0 Å². The van der Waals surface area contributed by atoms with Crippen molar-refractivity contribution in [1.29, 1.82) is 0 Å². The number of ether oxygens (including phenoxy) is 1. The Morgan fingerprint density at radius 2 is 2.42 bits per heavy atom. The number of rotatable bonds is 5. The van der Waals surface area contributed by atoms with Crippen molar-refractivity contribution in [1.82, 2.24) is 15.5 Å². The van der Waals surface area contributed by atoms with E-state index in [9.17, 15) is 0 Å². The van der Waals surface area contributed by atoms with Gasteiger partial charge in [-0.2, -0.15) is 4.98 Å². The highest BCUT2D eigenvalue weighted by molar-refractivity contribution is 4.84. The summed E-state index contributed by atoms with van der Waals surface area (Å²) in [6.45, 7) is 1.25. The number of nitrogens with zero attached hydrogens (tertiary/aromatic N) is 2. The van der Waals surface area contributed by atoms with Gasteiger partial charge in [-0.15, -0.1) is 0 Å². The third kappa shape index (κ3) is 2.60. The summed E-state index contributed by atoms with van der Waals surface area (Å²) in [7, 11) is 3.48. The van der Waals surface area contributed by atoms with E-state index in [0.29, 0.717) is 18.3 Å². The molecule has 1 aromatic heterocycles. The average molecular weight is 171 g/mol. The van der Waals surface area contributed by atoms with E-state index >= 15 is 0 Å². The molecule has 5 heteroatoms. The van der Waals surface area contributed by atoms with Gasteiger partial charge in [-0.3, -0.25) is 0 Å². The van der Waals surface area contributed by atoms with Gasteiger partial charge in [-0.05, 0) is 7.05 Å². The Morgan fingerprint density at radius 1 is 1.58 bits per heavy atom. The molecule has 1 rings (SSSR count). The molecule has 1 N–H and O–H groups in total. The molecule has 0 aromatic carbocycles. The fourth-order valence-electron chi connectivity index (χ4n) is 0.811. The van der Waals surface area contributed by atoms with Gasteiger partial charge >= 0.3 is 0 Å². The van der Waals surface area contributed by atoms with Gasteiger partial charge in [0.1, 0.15) is 6.61 Å². The zero-order valence-corrected chi connectivity index (χ0v) is 7.33. The normalized spacial score (nSPS) is 10.5. The molecular weight excluding hydrogens is 158 g/mol. The predicted octanol–water partition coefficient (Wildman–Crippen LogP) is -0.0221. The third-order valence-corrected chi connectivity index (χ3v) is 1.37. The van der Waals surface area contributed by atoms with E-state index in [-0.39, 0.29) is 0 Å². The van der Waals surface area contributed by atoms with Crippen LogP contribution in [0.2, 0.25) is 0 Å². The molecule has 0 aliphatic heterocycles. The number of aromatic nitrogens is 2. The molecule has 68 valence electrons. The minimum atomic E-state index is 0.406. The molecular formula is C7H13N3O2. The van der Waals surface area contributed by atoms with Gasteiger partial charge in [0.15, 0.2) is 5.82 Å². The van der Waals surface area contributed by atoms with Crippen molar-refractivity contribution in [3.8, 4) is 0 Å². The van der Waals surface area contributed by atoms with E-state index < -0.39 is 0 Å². The van der Waals surface area contributed by atoms with Crippen LogP contribution in [-0.4, -0.2) is 30.8 Å². The van der Waals surface area contributed by atoms with E-state index in [2.05, 4.69) is 15.5 Å². The van der Waals surface area contributed by atoms with Gasteiger partial charge in [0.25, 0.3) is 0 Å². The van der Waals surface area contributed by atoms with Crippen molar-refractivity contribution < 1.29 is 9.26 Å². The molecule has 0 amide bonds. The van der Waals surface area contributed by atoms with E-state index in [1.165, 1.54) is 0 Å². The molecule has 0 atom stereocenters. The monoisotopic (exact) mass is 171 g/mol. The summed E-state index contributed by atoms with van der Waals surface area (Å²) in [6, 6.07) is 0. The summed E-state index contributed by atoms with van der Waals surface area (Å²) in [5.74, 6) is 1.25. The minimum absolute atomic E-state index is 0.406. The number of hydrogen-bond acceptors (Lipinski definition) is 5. The predicted molar refractivity (Wildman–Crippen MR) is 42.6 cm³/mol. The maximum Gasteiger partial charge on any atom is 0.228 e. The van der Waals surface area contributed by atoms with E-state index in [0.717, 1.165) is 13.0 Å². The smallest absolute Gasteiger partial charge is 0.228 e. The summed E-state index contributed by atoms with van der Waals surface area (Å²) >= 11 is 0. The number of nitrogens with one attached hydrogen (secondary N) is 1. The molecule has 0 bridgehead atoms. The van der Waals surface area contributed by atoms with Crippen LogP contribution < -0.4 is 5.32 Å². The molecule has 12 heavy (non-hydrogen) atoms. The second kappa shape index (κ2) is 4.84. The van der Waals surface area contributed by atoms with Crippen LogP contribution in [-0.2, 0) is 17.8 Å². The molecule has 0 aliphatic carbocycles. The maximum atomic E-state index is 4.94. The Bertz CT molecular complexity index is 224. The van der Waals surface area contributed by atoms with Gasteiger partial charge < -0.3 is 14.6 Å². The molecule has 0 fully saturated rings. The first-order valence-corrected chi connectivity index (χ1v) is 3.82. The fourth-order valence-corrected chi connectivity index (χ4v) is 0.811. The first-order valence-electron chi connectivity index (χ1n) is 3.82. The van der Waals surface area contributed by atoms with Crippen LogP contribution in [0.3, 0.4) is 0 Å². The second-order valence-corrected chi connectivity index (χ2v) is 2.39. The lowest BCUT2D eigenvalue weighted by Gasteiger charge is -1.90. The number of hydrogen-bond donors (Lipinski definition) is 1. The van der Waals surface area contributed by atoms with Crippen LogP contribution in [0.15, 0.2) is 4.52 Å². The van der Waals surface area contributed by atoms with Gasteiger partial charge in [-0.25, -0.2) is 0 Å². The Balaban J connectivity index is 2.41. The van der Waals surface area contributed by atoms with Crippen LogP contribution in [0, 0.1) is 0 Å². The Morgan fingerprint density at radius 3 is 3.08 bits per heavy atom. The van der Waals surface area contributed by atoms with Gasteiger partial charge in [-0.1, -0.05) is 5.16 Å². The SMILES string of the molecule is CNCCc1nc(COC)no1. The molecule has 5 nitrogen and oxygen atoms in total. The standard InChI is InChI=1S/C7H13N3O2/c1-8-4-3-7-9-6(5-11-2)10-12-7/h8H,3-5H2,1-2H3. The lowest BCUT2D eigenvalue weighted by atomic mass is 10.4. The quantitative estimate of drug-likeness (QED) is 0.674. The van der Waals surface area contributed by atoms with Crippen molar-refractivity contribution in [2.24, 2.45) is 0 Å². The van der Waals surface area contributed by atoms with Gasteiger partial charge in [0.2, 0.25) is 5.89 Å². The summed E-state index contributed by atoms with van der Waals surface area (Å²) in [5.41, 5.74) is 0. The molecule has 0 saturated heterocycles. The zero-order chi connectivity index (χ0) is 8.81. The van der Waals surface area contributed by atoms with Crippen LogP contribution in [0.25, 0.3) is 0 Å². The van der Waals surface area contributed by atoms with Crippen molar-refractivity contribution in [2.45, 2.75) is 13.0 Å². The molecule has 0 unspecified atom stereocenters. The van der Waals surface area contributed by atoms with E-state index in [4.69, 9.17) is 9.26 Å². The number of methoxy groups -OCH3 is 1. The second-order valence-electron chi connectivity index (χ2n) is 2.39. The summed E-state index contributed by atoms with van der Waals surface area (Å²) in [6.07, 6.45) is 0.757. The summed E-state index contributed by atoms with van der Waals surface area (Å²) < 4.78 is 9.78. The van der Waals surface area contributed by atoms with Crippen molar-refractivity contribution >= 4 is 0 Å². The molecule has 0 radical (unpaired) electrons. The molecule has 0 spiro atoms. The highest BCUT2D eigenvalue weighted by Crippen LogP contribution is 1.98. The average Bonchev–Trinajstić information content (AvgIpc) is 2.50. The minimum Gasteiger partial charge on any atom is -0.377 e. The zero-order valence-electron chi connectivity index (χ0n) is 7.33. The molecule has 0 aliphatic rings. The van der Waals surface area contributed by atoms with Crippen LogP contribution in [0.4, 0.5) is 0 Å². The number of likely N-dealkylation sites (N-methyl/N-ethyl adjacent to an activating group) is 1. The largest absolute Gasteiger partial charge is 0.377 e. The topological polar surface area (TPSA) is 60.2 Å². The summed E-state index contributed by atoms with van der Waals surface area (Å²) in [4.78, 5) is 4.09. The van der Waals surface area contributed by atoms with Crippen molar-refractivity contribution in [3.05, 3.63) is 11.7 Å². The highest BCUT2D eigenvalue weighted by Gasteiger charge is 2.03. The lowest BCUT2D eigenvalue weighted by molar-refractivity contribution is 0.174. The van der Waals surface area contributed by atoms with Crippen LogP contribution >= 0.6 is 0 Å². The summed E-state index contributed by atoms with van der Waals surface area (Å²) in [5, 5.41) is 6.72. The van der Waals surface area contributed by atoms with Gasteiger partial charge in [0, 0.05) is 20.1 Å². The Hall–Kier alpha value is -0.940. The first kappa shape index (κ1) is 9.15. The van der Waals surface area contributed by atoms with Crippen molar-refractivity contribution in [2.75, 3.05) is 20.7 Å². The van der Waals surface area contributed by atoms with E-state index in [1.807, 2.05) is 7.05 Å². The van der Waals surface area contributed by atoms with Crippen molar-refractivity contribution in [3.63, 3.8) is 0 Å². The lowest BCUT2D eigenvalue weighted by Crippen LogP contribution is -2.10. The molecule has 0 saturated carbocycles. The Kier molecular flexibility index (Phi) is 3.69.